The van der Waals surface area contributed by atoms with Gasteiger partial charge in [0.1, 0.15) is 0 Å². The van der Waals surface area contributed by atoms with E-state index in [0.717, 1.165) is 19.0 Å². The van der Waals surface area contributed by atoms with Crippen LogP contribution in [0.25, 0.3) is 0 Å². The third-order valence-electron chi connectivity index (χ3n) is 5.63. The lowest BCUT2D eigenvalue weighted by molar-refractivity contribution is 0.314. The molecule has 0 amide bonds. The molecular weight excluding hydrogens is 316 g/mol. The zero-order valence-corrected chi connectivity index (χ0v) is 16.2. The van der Waals surface area contributed by atoms with Crippen LogP contribution in [-0.4, -0.2) is 31.1 Å². The van der Waals surface area contributed by atoms with E-state index in [4.69, 9.17) is 0 Å². The number of rotatable bonds is 10. The molecule has 0 bridgehead atoms. The summed E-state index contributed by atoms with van der Waals surface area (Å²) in [5.74, 6) is 1.51. The Bertz CT molecular complexity index is 611. The van der Waals surface area contributed by atoms with E-state index < -0.39 is 0 Å². The van der Waals surface area contributed by atoms with E-state index in [1.165, 1.54) is 56.4 Å². The zero-order valence-electron chi connectivity index (χ0n) is 16.2. The molecule has 26 heavy (non-hydrogen) atoms. The Kier molecular flexibility index (Phi) is 7.72. The molecule has 0 aliphatic carbocycles. The lowest BCUT2D eigenvalue weighted by Gasteiger charge is -2.19. The van der Waals surface area contributed by atoms with E-state index in [1.807, 2.05) is 0 Å². The molecule has 1 N–H and O–H groups in total. The van der Waals surface area contributed by atoms with Crippen LogP contribution in [0.5, 0.6) is 0 Å². The molecule has 2 aromatic rings. The summed E-state index contributed by atoms with van der Waals surface area (Å²) in [6, 6.07) is 21.9. The lowest BCUT2D eigenvalue weighted by Crippen LogP contribution is -2.27. The maximum absolute atomic E-state index is 3.74. The van der Waals surface area contributed by atoms with Gasteiger partial charge >= 0.3 is 0 Å². The summed E-state index contributed by atoms with van der Waals surface area (Å²) in [7, 11) is 0. The number of nitrogens with zero attached hydrogens (tertiary/aromatic N) is 1. The molecule has 0 radical (unpaired) electrons. The Morgan fingerprint density at radius 3 is 2.46 bits per heavy atom. The van der Waals surface area contributed by atoms with Crippen LogP contribution in [0.3, 0.4) is 0 Å². The van der Waals surface area contributed by atoms with Crippen molar-refractivity contribution in [3.8, 4) is 0 Å². The van der Waals surface area contributed by atoms with Crippen molar-refractivity contribution in [2.24, 2.45) is 5.92 Å². The van der Waals surface area contributed by atoms with Crippen molar-refractivity contribution in [3.05, 3.63) is 71.8 Å². The van der Waals surface area contributed by atoms with E-state index in [2.05, 4.69) is 77.8 Å². The van der Waals surface area contributed by atoms with Crippen molar-refractivity contribution in [1.29, 1.82) is 0 Å². The highest BCUT2D eigenvalue weighted by Crippen LogP contribution is 2.24. The highest BCUT2D eigenvalue weighted by Gasteiger charge is 2.22. The smallest absolute Gasteiger partial charge is 0.0233 e. The number of benzene rings is 2. The third kappa shape index (κ3) is 5.96. The average molecular weight is 351 g/mol. The molecule has 2 unspecified atom stereocenters. The molecule has 0 aromatic heterocycles. The van der Waals surface area contributed by atoms with Crippen molar-refractivity contribution in [2.45, 2.75) is 45.1 Å². The SMILES string of the molecule is CCCC(CCNCC1CCN(Cc2ccccc2)C1)c1ccccc1. The van der Waals surface area contributed by atoms with E-state index in [-0.39, 0.29) is 0 Å². The summed E-state index contributed by atoms with van der Waals surface area (Å²) in [6.45, 7) is 8.17. The predicted molar refractivity (Wildman–Crippen MR) is 111 cm³/mol. The topological polar surface area (TPSA) is 15.3 Å². The van der Waals surface area contributed by atoms with Crippen molar-refractivity contribution in [2.75, 3.05) is 26.2 Å². The minimum atomic E-state index is 0.701. The molecule has 2 atom stereocenters. The van der Waals surface area contributed by atoms with Crippen LogP contribution in [0.2, 0.25) is 0 Å². The first kappa shape index (κ1) is 19.1. The first-order valence-electron chi connectivity index (χ1n) is 10.4. The van der Waals surface area contributed by atoms with Gasteiger partial charge in [0.15, 0.2) is 0 Å². The maximum atomic E-state index is 3.74. The summed E-state index contributed by atoms with van der Waals surface area (Å²) in [4.78, 5) is 2.60. The molecule has 1 aliphatic rings. The minimum absolute atomic E-state index is 0.701. The fourth-order valence-electron chi connectivity index (χ4n) is 4.20. The molecular formula is C24H34N2. The summed E-state index contributed by atoms with van der Waals surface area (Å²) in [5, 5.41) is 3.74. The largest absolute Gasteiger partial charge is 0.316 e. The van der Waals surface area contributed by atoms with Crippen LogP contribution >= 0.6 is 0 Å². The molecule has 2 heteroatoms. The highest BCUT2D eigenvalue weighted by molar-refractivity contribution is 5.19. The summed E-state index contributed by atoms with van der Waals surface area (Å²) < 4.78 is 0. The fraction of sp³-hybridized carbons (Fsp3) is 0.500. The number of likely N-dealkylation sites (tertiary alicyclic amines) is 1. The first-order chi connectivity index (χ1) is 12.8. The Labute approximate surface area is 159 Å². The summed E-state index contributed by atoms with van der Waals surface area (Å²) in [6.07, 6.45) is 5.13. The van der Waals surface area contributed by atoms with Gasteiger partial charge in [-0.25, -0.2) is 0 Å². The van der Waals surface area contributed by atoms with E-state index >= 15 is 0 Å². The number of hydrogen-bond donors (Lipinski definition) is 1. The lowest BCUT2D eigenvalue weighted by atomic mass is 9.91. The first-order valence-corrected chi connectivity index (χ1v) is 10.4. The summed E-state index contributed by atoms with van der Waals surface area (Å²) >= 11 is 0. The standard InChI is InChI=1S/C24H34N2/c1-2-9-23(24-12-7-4-8-13-24)14-16-25-18-22-15-17-26(20-22)19-21-10-5-3-6-11-21/h3-8,10-13,22-23,25H,2,9,14-20H2,1H3. The summed E-state index contributed by atoms with van der Waals surface area (Å²) in [5.41, 5.74) is 2.94. The van der Waals surface area contributed by atoms with Crippen LogP contribution in [0.15, 0.2) is 60.7 Å². The molecule has 1 heterocycles. The molecule has 2 nitrogen and oxygen atoms in total. The van der Waals surface area contributed by atoms with Crippen LogP contribution in [-0.2, 0) is 6.54 Å². The van der Waals surface area contributed by atoms with Gasteiger partial charge in [-0.15, -0.1) is 0 Å². The second-order valence-electron chi connectivity index (χ2n) is 7.76. The molecule has 0 spiro atoms. The van der Waals surface area contributed by atoms with Gasteiger partial charge in [-0.1, -0.05) is 74.0 Å². The van der Waals surface area contributed by atoms with Gasteiger partial charge in [-0.2, -0.15) is 0 Å². The Balaban J connectivity index is 1.36. The molecule has 1 fully saturated rings. The van der Waals surface area contributed by atoms with E-state index in [1.54, 1.807) is 0 Å². The van der Waals surface area contributed by atoms with Crippen LogP contribution in [0.4, 0.5) is 0 Å². The van der Waals surface area contributed by atoms with Crippen LogP contribution in [0, 0.1) is 5.92 Å². The van der Waals surface area contributed by atoms with Crippen LogP contribution in [0.1, 0.15) is 49.7 Å². The highest BCUT2D eigenvalue weighted by atomic mass is 15.1. The Morgan fingerprint density at radius 1 is 1.00 bits per heavy atom. The van der Waals surface area contributed by atoms with E-state index in [9.17, 15) is 0 Å². The minimum Gasteiger partial charge on any atom is -0.316 e. The van der Waals surface area contributed by atoms with Gasteiger partial charge in [-0.3, -0.25) is 4.90 Å². The van der Waals surface area contributed by atoms with Gasteiger partial charge in [0.2, 0.25) is 0 Å². The number of nitrogens with one attached hydrogen (secondary N) is 1. The Hall–Kier alpha value is -1.64. The van der Waals surface area contributed by atoms with Gasteiger partial charge in [0, 0.05) is 13.1 Å². The van der Waals surface area contributed by atoms with Crippen LogP contribution < -0.4 is 5.32 Å². The second-order valence-corrected chi connectivity index (χ2v) is 7.76. The second kappa shape index (κ2) is 10.5. The van der Waals surface area contributed by atoms with Gasteiger partial charge in [0.25, 0.3) is 0 Å². The maximum Gasteiger partial charge on any atom is 0.0233 e. The van der Waals surface area contributed by atoms with Gasteiger partial charge in [-0.05, 0) is 61.9 Å². The quantitative estimate of drug-likeness (QED) is 0.602. The molecule has 1 aliphatic heterocycles. The Morgan fingerprint density at radius 2 is 1.73 bits per heavy atom. The zero-order chi connectivity index (χ0) is 18.0. The fourth-order valence-corrected chi connectivity index (χ4v) is 4.20. The molecule has 0 saturated carbocycles. The van der Waals surface area contributed by atoms with Gasteiger partial charge < -0.3 is 5.32 Å². The molecule has 140 valence electrons. The van der Waals surface area contributed by atoms with Gasteiger partial charge in [0.05, 0.1) is 0 Å². The average Bonchev–Trinajstić information content (AvgIpc) is 3.13. The van der Waals surface area contributed by atoms with Crippen molar-refractivity contribution in [3.63, 3.8) is 0 Å². The molecule has 1 saturated heterocycles. The monoisotopic (exact) mass is 350 g/mol. The normalized spacial score (nSPS) is 18.9. The van der Waals surface area contributed by atoms with E-state index in [0.29, 0.717) is 5.92 Å². The predicted octanol–water partition coefficient (Wildman–Crippen LogP) is 5.07. The van der Waals surface area contributed by atoms with Crippen molar-refractivity contribution in [1.82, 2.24) is 10.2 Å². The third-order valence-corrected chi connectivity index (χ3v) is 5.63. The molecule has 2 aromatic carbocycles. The number of hydrogen-bond acceptors (Lipinski definition) is 2. The van der Waals surface area contributed by atoms with Crippen molar-refractivity contribution < 1.29 is 0 Å². The molecule has 3 rings (SSSR count). The van der Waals surface area contributed by atoms with Crippen molar-refractivity contribution >= 4 is 0 Å².